The summed E-state index contributed by atoms with van der Waals surface area (Å²) in [6.07, 6.45) is 1.92. The number of pyridine rings is 1. The van der Waals surface area contributed by atoms with Gasteiger partial charge in [0.1, 0.15) is 5.82 Å². The van der Waals surface area contributed by atoms with Crippen molar-refractivity contribution in [3.8, 4) is 23.0 Å². The zero-order valence-electron chi connectivity index (χ0n) is 39.9. The predicted octanol–water partition coefficient (Wildman–Crippen LogP) is 15.9. The summed E-state index contributed by atoms with van der Waals surface area (Å²) in [5.41, 5.74) is 16.2. The van der Waals surface area contributed by atoms with Gasteiger partial charge in [0, 0.05) is 72.6 Å². The van der Waals surface area contributed by atoms with Crippen LogP contribution in [0.15, 0.2) is 188 Å². The van der Waals surface area contributed by atoms with Crippen molar-refractivity contribution in [2.24, 2.45) is 0 Å². The van der Waals surface area contributed by atoms with E-state index in [-0.39, 0.29) is 26.5 Å². The Hall–Kier alpha value is -7.66. The van der Waals surface area contributed by atoms with Crippen LogP contribution in [0.2, 0.25) is 0 Å². The van der Waals surface area contributed by atoms with E-state index < -0.39 is 0 Å². The Labute approximate surface area is 424 Å². The number of para-hydroxylation sites is 3. The summed E-state index contributed by atoms with van der Waals surface area (Å²) in [7, 11) is 0. The summed E-state index contributed by atoms with van der Waals surface area (Å²) in [5.74, 6) is 2.00. The van der Waals surface area contributed by atoms with Crippen LogP contribution in [-0.2, 0) is 26.5 Å². The molecule has 0 aliphatic carbocycles. The Morgan fingerprint density at radius 1 is 0.557 bits per heavy atom. The van der Waals surface area contributed by atoms with Gasteiger partial charge in [0.25, 0.3) is 0 Å². The van der Waals surface area contributed by atoms with Crippen molar-refractivity contribution in [2.75, 3.05) is 9.80 Å². The standard InChI is InChI=1S/C63H50N5O.Pt/c1-41-35-42(2)59(43(3)36-41)66-40-65(60(44-21-10-7-11-22-44)61(66)45-23-12-8-13-24-45)48-27-20-28-49(38-48)69-55-39-54-57(62-58(55)51-30-17-18-31-52(51)67(62)47-25-14-9-15-26-47)50-29-16-19-32-53(50)68(54)56-37-46(33-34-64-56)63(4,5)6;/h7-37,40H,1-6H3;/q-3;. The third-order valence-corrected chi connectivity index (χ3v) is 13.4. The van der Waals surface area contributed by atoms with Gasteiger partial charge in [-0.2, -0.15) is 6.07 Å². The minimum Gasteiger partial charge on any atom is -0.508 e. The van der Waals surface area contributed by atoms with E-state index in [0.29, 0.717) is 11.5 Å². The van der Waals surface area contributed by atoms with Gasteiger partial charge in [0.15, 0.2) is 0 Å². The van der Waals surface area contributed by atoms with E-state index in [1.807, 2.05) is 12.3 Å². The Morgan fingerprint density at radius 3 is 1.77 bits per heavy atom. The number of aryl methyl sites for hydroxylation is 3. The number of hydrogen-bond donors (Lipinski definition) is 0. The molecule has 3 aromatic heterocycles. The third-order valence-electron chi connectivity index (χ3n) is 13.4. The summed E-state index contributed by atoms with van der Waals surface area (Å²) in [6.45, 7) is 15.5. The molecule has 0 spiro atoms. The number of fused-ring (bicyclic) bond motifs is 7. The topological polar surface area (TPSA) is 38.5 Å². The maximum Gasteiger partial charge on any atom is 0.135 e. The Morgan fingerprint density at radius 2 is 1.13 bits per heavy atom. The first-order valence-electron chi connectivity index (χ1n) is 23.6. The summed E-state index contributed by atoms with van der Waals surface area (Å²) < 4.78 is 11.9. The fraction of sp³-hybridized carbons (Fsp3) is 0.111. The molecule has 11 aromatic rings. The molecule has 70 heavy (non-hydrogen) atoms. The molecule has 0 fully saturated rings. The maximum atomic E-state index is 7.31. The van der Waals surface area contributed by atoms with Crippen LogP contribution in [0.5, 0.6) is 11.5 Å². The van der Waals surface area contributed by atoms with E-state index in [1.165, 1.54) is 22.3 Å². The summed E-state index contributed by atoms with van der Waals surface area (Å²) in [4.78, 5) is 9.66. The average Bonchev–Trinajstić information content (AvgIpc) is 4.03. The molecule has 0 unspecified atom stereocenters. The van der Waals surface area contributed by atoms with E-state index in [4.69, 9.17) is 9.72 Å². The number of anilines is 2. The van der Waals surface area contributed by atoms with Gasteiger partial charge in [0.2, 0.25) is 0 Å². The molecular weight excluding hydrogens is 1040 g/mol. The SMILES string of the molecule is Cc1cc(C)c(N2[CH-]N(c3[c-]c(Oc4[c-]c5c(c6ccccc6n5-c5cc(C(C)(C)C)ccn5)c5c4c4ccccc4n5-c4ccccc4)ccc3)C(c3ccccc3)=C2c2ccccc2)c(C)c1.[Pt]. The van der Waals surface area contributed by atoms with Gasteiger partial charge >= 0.3 is 0 Å². The molecule has 0 saturated heterocycles. The molecule has 0 bridgehead atoms. The molecule has 0 N–H and O–H groups in total. The van der Waals surface area contributed by atoms with Crippen LogP contribution < -0.4 is 14.5 Å². The van der Waals surface area contributed by atoms with Crippen molar-refractivity contribution in [1.29, 1.82) is 0 Å². The average molecular weight is 1090 g/mol. The number of benzene rings is 8. The maximum absolute atomic E-state index is 7.31. The van der Waals surface area contributed by atoms with Crippen LogP contribution in [0.4, 0.5) is 11.4 Å². The van der Waals surface area contributed by atoms with Gasteiger partial charge in [-0.15, -0.1) is 36.6 Å². The monoisotopic (exact) mass is 1090 g/mol. The van der Waals surface area contributed by atoms with E-state index >= 15 is 0 Å². The van der Waals surface area contributed by atoms with E-state index in [2.05, 4.69) is 255 Å². The molecule has 0 radical (unpaired) electrons. The number of ether oxygens (including phenoxy) is 1. The first-order chi connectivity index (χ1) is 33.6. The molecular formula is C63H50N5OPt-3. The molecule has 1 aliphatic rings. The summed E-state index contributed by atoms with van der Waals surface area (Å²) in [5, 5.41) is 4.23. The second-order valence-electron chi connectivity index (χ2n) is 19.1. The van der Waals surface area contributed by atoms with Crippen molar-refractivity contribution in [1.82, 2.24) is 14.1 Å². The second-order valence-corrected chi connectivity index (χ2v) is 19.1. The van der Waals surface area contributed by atoms with Crippen molar-refractivity contribution < 1.29 is 25.8 Å². The van der Waals surface area contributed by atoms with Crippen molar-refractivity contribution in [3.63, 3.8) is 0 Å². The predicted molar refractivity (Wildman–Crippen MR) is 285 cm³/mol. The molecule has 6 nitrogen and oxygen atoms in total. The molecule has 8 aromatic carbocycles. The molecule has 4 heterocycles. The van der Waals surface area contributed by atoms with E-state index in [9.17, 15) is 0 Å². The van der Waals surface area contributed by atoms with Gasteiger partial charge in [-0.05, 0) is 107 Å². The molecule has 0 atom stereocenters. The third kappa shape index (κ3) is 7.50. The Bertz CT molecular complexity index is 3790. The number of rotatable bonds is 8. The second kappa shape index (κ2) is 17.7. The fourth-order valence-corrected chi connectivity index (χ4v) is 10.5. The normalized spacial score (nSPS) is 13.0. The molecule has 12 rings (SSSR count). The Balaban J connectivity index is 0.00000533. The van der Waals surface area contributed by atoms with Gasteiger partial charge < -0.3 is 23.7 Å². The smallest absolute Gasteiger partial charge is 0.135 e. The first-order valence-corrected chi connectivity index (χ1v) is 23.6. The van der Waals surface area contributed by atoms with Crippen LogP contribution in [0.25, 0.3) is 66.5 Å². The minimum atomic E-state index is -0.0820. The molecule has 0 amide bonds. The zero-order valence-corrected chi connectivity index (χ0v) is 42.2. The van der Waals surface area contributed by atoms with E-state index in [1.54, 1.807) is 0 Å². The van der Waals surface area contributed by atoms with Crippen LogP contribution in [0.1, 0.15) is 54.2 Å². The molecule has 1 aliphatic heterocycles. The zero-order chi connectivity index (χ0) is 47.0. The van der Waals surface area contributed by atoms with Crippen LogP contribution in [0.3, 0.4) is 0 Å². The van der Waals surface area contributed by atoms with Crippen LogP contribution >= 0.6 is 0 Å². The van der Waals surface area contributed by atoms with Crippen LogP contribution in [0, 0.1) is 39.6 Å². The van der Waals surface area contributed by atoms with Gasteiger partial charge in [0.05, 0.1) is 0 Å². The fourth-order valence-electron chi connectivity index (χ4n) is 10.5. The largest absolute Gasteiger partial charge is 0.508 e. The minimum absolute atomic E-state index is 0. The summed E-state index contributed by atoms with van der Waals surface area (Å²) in [6, 6.07) is 72.0. The van der Waals surface area contributed by atoms with Crippen molar-refractivity contribution >= 4 is 66.4 Å². The van der Waals surface area contributed by atoms with Gasteiger partial charge in [-0.25, -0.2) is 4.98 Å². The molecule has 0 saturated carbocycles. The van der Waals surface area contributed by atoms with Crippen molar-refractivity contribution in [2.45, 2.75) is 47.0 Å². The quantitative estimate of drug-likeness (QED) is 0.142. The number of aromatic nitrogens is 3. The number of hydrogen-bond acceptors (Lipinski definition) is 4. The molecule has 7 heteroatoms. The Kier molecular flexibility index (Phi) is 11.3. The number of nitrogens with zero attached hydrogens (tertiary/aromatic N) is 5. The van der Waals surface area contributed by atoms with Gasteiger partial charge in [-0.3, -0.25) is 0 Å². The van der Waals surface area contributed by atoms with Crippen LogP contribution in [-0.4, -0.2) is 14.1 Å². The molecule has 346 valence electrons. The first kappa shape index (κ1) is 44.8. The van der Waals surface area contributed by atoms with E-state index in [0.717, 1.165) is 89.0 Å². The van der Waals surface area contributed by atoms with Crippen molar-refractivity contribution in [3.05, 3.63) is 240 Å². The van der Waals surface area contributed by atoms with Gasteiger partial charge in [-0.1, -0.05) is 170 Å². The summed E-state index contributed by atoms with van der Waals surface area (Å²) >= 11 is 0.